The molecule has 8 heteroatoms. The maximum absolute atomic E-state index is 13.5. The molecule has 3 rings (SSSR count). The van der Waals surface area contributed by atoms with Crippen molar-refractivity contribution in [3.05, 3.63) is 27.7 Å². The second kappa shape index (κ2) is 8.41. The Morgan fingerprint density at radius 3 is 2.71 bits per heavy atom. The minimum atomic E-state index is -2.75. The van der Waals surface area contributed by atoms with Gasteiger partial charge in [-0.05, 0) is 39.5 Å². The maximum atomic E-state index is 13.5. The van der Waals surface area contributed by atoms with Gasteiger partial charge in [0, 0.05) is 54.8 Å². The number of alkyl halides is 2. The highest BCUT2D eigenvalue weighted by atomic mass is 19.3. The zero-order valence-electron chi connectivity index (χ0n) is 16.8. The van der Waals surface area contributed by atoms with Crippen LogP contribution in [0.2, 0.25) is 0 Å². The number of nitrogens with zero attached hydrogens (tertiary/aromatic N) is 4. The van der Waals surface area contributed by atoms with Crippen LogP contribution in [0.3, 0.4) is 0 Å². The first kappa shape index (κ1) is 20.5. The molecule has 1 fully saturated rings. The smallest absolute Gasteiger partial charge is 0.264 e. The number of pyridine rings is 1. The summed E-state index contributed by atoms with van der Waals surface area (Å²) in [7, 11) is 0. The lowest BCUT2D eigenvalue weighted by molar-refractivity contribution is -0.135. The lowest BCUT2D eigenvalue weighted by atomic mass is 9.99. The zero-order chi connectivity index (χ0) is 20.4. The van der Waals surface area contributed by atoms with E-state index in [0.717, 1.165) is 38.3 Å². The molecule has 2 aromatic heterocycles. The number of carbonyl (C=O) groups is 1. The molecule has 0 unspecified atom stereocenters. The summed E-state index contributed by atoms with van der Waals surface area (Å²) in [6.45, 7) is 7.08. The number of likely N-dealkylation sites (tertiary alicyclic amines) is 1. The van der Waals surface area contributed by atoms with Gasteiger partial charge in [-0.2, -0.15) is 5.10 Å². The van der Waals surface area contributed by atoms with Crippen LogP contribution < -0.4 is 5.56 Å². The van der Waals surface area contributed by atoms with E-state index >= 15 is 0 Å². The molecule has 154 valence electrons. The van der Waals surface area contributed by atoms with Gasteiger partial charge in [-0.1, -0.05) is 6.92 Å². The Labute approximate surface area is 163 Å². The predicted molar refractivity (Wildman–Crippen MR) is 104 cm³/mol. The SMILES string of the molecule is CC[C@@H]1CCCCN1C(=O)CCn1c(=O)cc(C(F)F)c2c(C)n(CC)nc21. The Morgan fingerprint density at radius 1 is 1.32 bits per heavy atom. The molecule has 1 atom stereocenters. The summed E-state index contributed by atoms with van der Waals surface area (Å²) < 4.78 is 30.0. The molecule has 1 amide bonds. The van der Waals surface area contributed by atoms with Crippen molar-refractivity contribution in [2.75, 3.05) is 6.54 Å². The zero-order valence-corrected chi connectivity index (χ0v) is 16.8. The largest absolute Gasteiger partial charge is 0.340 e. The van der Waals surface area contributed by atoms with Crippen LogP contribution in [0, 0.1) is 6.92 Å². The molecule has 1 aliphatic rings. The van der Waals surface area contributed by atoms with Crippen molar-refractivity contribution in [3.63, 3.8) is 0 Å². The molecule has 3 heterocycles. The average molecular weight is 394 g/mol. The van der Waals surface area contributed by atoms with Gasteiger partial charge in [-0.25, -0.2) is 8.78 Å². The van der Waals surface area contributed by atoms with Crippen LogP contribution in [-0.2, 0) is 17.9 Å². The highest BCUT2D eigenvalue weighted by Crippen LogP contribution is 2.29. The molecule has 0 saturated carbocycles. The molecule has 2 aromatic rings. The molecule has 0 spiro atoms. The summed E-state index contributed by atoms with van der Waals surface area (Å²) in [6.07, 6.45) is 1.46. The van der Waals surface area contributed by atoms with Gasteiger partial charge < -0.3 is 4.90 Å². The fourth-order valence-electron chi connectivity index (χ4n) is 4.25. The lowest BCUT2D eigenvalue weighted by Gasteiger charge is -2.35. The van der Waals surface area contributed by atoms with E-state index in [2.05, 4.69) is 12.0 Å². The molecule has 6 nitrogen and oxygen atoms in total. The van der Waals surface area contributed by atoms with Crippen molar-refractivity contribution in [1.29, 1.82) is 0 Å². The van der Waals surface area contributed by atoms with Gasteiger partial charge in [0.05, 0.1) is 0 Å². The third-order valence-corrected chi connectivity index (χ3v) is 5.78. The fourth-order valence-corrected chi connectivity index (χ4v) is 4.25. The molecular formula is C20H28F2N4O2. The normalized spacial score (nSPS) is 17.6. The number of aryl methyl sites for hydroxylation is 3. The Bertz CT molecular complexity index is 919. The van der Waals surface area contributed by atoms with E-state index in [9.17, 15) is 18.4 Å². The van der Waals surface area contributed by atoms with Crippen molar-refractivity contribution in [3.8, 4) is 0 Å². The first-order valence-electron chi connectivity index (χ1n) is 10.1. The summed E-state index contributed by atoms with van der Waals surface area (Å²) in [6, 6.07) is 1.24. The van der Waals surface area contributed by atoms with E-state index in [1.807, 2.05) is 11.8 Å². The first-order valence-corrected chi connectivity index (χ1v) is 10.1. The molecular weight excluding hydrogens is 366 g/mol. The molecule has 0 aromatic carbocycles. The first-order chi connectivity index (χ1) is 13.4. The highest BCUT2D eigenvalue weighted by molar-refractivity contribution is 5.83. The molecule has 1 saturated heterocycles. The Morgan fingerprint density at radius 2 is 2.07 bits per heavy atom. The Hall–Kier alpha value is -2.25. The minimum absolute atomic E-state index is 0.0104. The van der Waals surface area contributed by atoms with Gasteiger partial charge in [0.2, 0.25) is 5.91 Å². The van der Waals surface area contributed by atoms with Gasteiger partial charge >= 0.3 is 0 Å². The van der Waals surface area contributed by atoms with E-state index in [4.69, 9.17) is 0 Å². The fraction of sp³-hybridized carbons (Fsp3) is 0.650. The number of amides is 1. The van der Waals surface area contributed by atoms with Crippen LogP contribution in [0.1, 0.15) is 63.6 Å². The van der Waals surface area contributed by atoms with Crippen molar-refractivity contribution in [1.82, 2.24) is 19.2 Å². The van der Waals surface area contributed by atoms with Gasteiger partial charge in [0.25, 0.3) is 12.0 Å². The topological polar surface area (TPSA) is 60.1 Å². The minimum Gasteiger partial charge on any atom is -0.340 e. The van der Waals surface area contributed by atoms with Crippen LogP contribution in [0.25, 0.3) is 11.0 Å². The van der Waals surface area contributed by atoms with E-state index in [-0.39, 0.29) is 36.1 Å². The molecule has 0 radical (unpaired) electrons. The van der Waals surface area contributed by atoms with Crippen LogP contribution in [-0.4, -0.2) is 37.7 Å². The molecule has 28 heavy (non-hydrogen) atoms. The number of halogens is 2. The van der Waals surface area contributed by atoms with Gasteiger partial charge in [-0.15, -0.1) is 0 Å². The number of fused-ring (bicyclic) bond motifs is 1. The van der Waals surface area contributed by atoms with Crippen LogP contribution >= 0.6 is 0 Å². The van der Waals surface area contributed by atoms with Gasteiger partial charge in [-0.3, -0.25) is 18.8 Å². The quantitative estimate of drug-likeness (QED) is 0.752. The number of piperidine rings is 1. The number of carbonyl (C=O) groups excluding carboxylic acids is 1. The maximum Gasteiger partial charge on any atom is 0.264 e. The van der Waals surface area contributed by atoms with Crippen molar-refractivity contribution < 1.29 is 13.6 Å². The summed E-state index contributed by atoms with van der Waals surface area (Å²) in [5, 5.41) is 4.69. The van der Waals surface area contributed by atoms with Gasteiger partial charge in [0.15, 0.2) is 5.65 Å². The predicted octanol–water partition coefficient (Wildman–Crippen LogP) is 3.65. The van der Waals surface area contributed by atoms with Crippen LogP contribution in [0.15, 0.2) is 10.9 Å². The van der Waals surface area contributed by atoms with Crippen molar-refractivity contribution in [2.24, 2.45) is 0 Å². The number of hydrogen-bond acceptors (Lipinski definition) is 3. The monoisotopic (exact) mass is 394 g/mol. The summed E-state index contributed by atoms with van der Waals surface area (Å²) in [4.78, 5) is 27.2. The summed E-state index contributed by atoms with van der Waals surface area (Å²) >= 11 is 0. The number of aromatic nitrogens is 3. The second-order valence-corrected chi connectivity index (χ2v) is 7.39. The Balaban J connectivity index is 1.93. The average Bonchev–Trinajstić information content (AvgIpc) is 3.02. The van der Waals surface area contributed by atoms with Crippen molar-refractivity contribution >= 4 is 16.9 Å². The van der Waals surface area contributed by atoms with Crippen LogP contribution in [0.5, 0.6) is 0 Å². The standard InChI is InChI=1S/C20H28F2N4O2/c1-4-14-8-6-7-10-24(14)16(27)9-11-25-17(28)12-15(19(21)22)18-13(3)26(5-2)23-20(18)25/h12,14,19H,4-11H2,1-3H3/t14-/m1/s1. The molecule has 0 aliphatic carbocycles. The second-order valence-electron chi connectivity index (χ2n) is 7.39. The molecule has 0 N–H and O–H groups in total. The van der Waals surface area contributed by atoms with E-state index < -0.39 is 12.0 Å². The Kier molecular flexibility index (Phi) is 6.15. The number of rotatable bonds is 6. The van der Waals surface area contributed by atoms with E-state index in [1.54, 1.807) is 11.6 Å². The molecule has 0 bridgehead atoms. The summed E-state index contributed by atoms with van der Waals surface area (Å²) in [5.41, 5.74) is 0.0134. The van der Waals surface area contributed by atoms with Gasteiger partial charge in [0.1, 0.15) is 0 Å². The van der Waals surface area contributed by atoms with E-state index in [1.165, 1.54) is 4.57 Å². The lowest BCUT2D eigenvalue weighted by Crippen LogP contribution is -2.43. The third-order valence-electron chi connectivity index (χ3n) is 5.78. The van der Waals surface area contributed by atoms with Crippen LogP contribution in [0.4, 0.5) is 8.78 Å². The molecule has 1 aliphatic heterocycles. The summed E-state index contributed by atoms with van der Waals surface area (Å²) in [5.74, 6) is 0.0104. The van der Waals surface area contributed by atoms with Crippen molar-refractivity contribution in [2.45, 2.75) is 78.4 Å². The highest BCUT2D eigenvalue weighted by Gasteiger charge is 2.26. The third kappa shape index (κ3) is 3.69. The number of hydrogen-bond donors (Lipinski definition) is 0. The van der Waals surface area contributed by atoms with E-state index in [0.29, 0.717) is 17.6 Å².